The van der Waals surface area contributed by atoms with Gasteiger partial charge in [-0.25, -0.2) is 0 Å². The van der Waals surface area contributed by atoms with Gasteiger partial charge in [0, 0.05) is 9.17 Å². The van der Waals surface area contributed by atoms with Crippen molar-refractivity contribution >= 4 is 53.3 Å². The van der Waals surface area contributed by atoms with Crippen LogP contribution in [0.1, 0.15) is 41.3 Å². The van der Waals surface area contributed by atoms with E-state index >= 15 is 0 Å². The summed E-state index contributed by atoms with van der Waals surface area (Å²) in [5, 5.41) is 3.58. The average Bonchev–Trinajstić information content (AvgIpc) is 2.92. The second kappa shape index (κ2) is 6.23. The highest BCUT2D eigenvalue weighted by Gasteiger charge is 2.16. The van der Waals surface area contributed by atoms with Crippen LogP contribution in [0.4, 0.5) is 0 Å². The van der Waals surface area contributed by atoms with E-state index in [0.717, 1.165) is 0 Å². The molecule has 1 heterocycles. The number of alkyl halides is 1. The third-order valence-electron chi connectivity index (χ3n) is 3.75. The zero-order valence-corrected chi connectivity index (χ0v) is 15.9. The number of hydrogen-bond acceptors (Lipinski definition) is 1. The summed E-state index contributed by atoms with van der Waals surface area (Å²) < 4.78 is 2.49. The van der Waals surface area contributed by atoms with Crippen LogP contribution in [0.2, 0.25) is 0 Å². The molecule has 0 spiro atoms. The van der Waals surface area contributed by atoms with E-state index in [1.54, 1.807) is 11.3 Å². The molecule has 3 rings (SSSR count). The summed E-state index contributed by atoms with van der Waals surface area (Å²) in [5.74, 6) is 0.575. The van der Waals surface area contributed by atoms with Crippen molar-refractivity contribution in [2.45, 2.75) is 24.6 Å². The number of hydrogen-bond donors (Lipinski definition) is 0. The normalized spacial score (nSPS) is 13.0. The van der Waals surface area contributed by atoms with Crippen molar-refractivity contribution in [3.8, 4) is 0 Å². The molecule has 0 saturated carbocycles. The van der Waals surface area contributed by atoms with E-state index in [1.165, 1.54) is 31.2 Å². The molecule has 1 unspecified atom stereocenters. The average molecular weight is 424 g/mol. The molecular formula is C18H16Br2S. The van der Waals surface area contributed by atoms with Crippen molar-refractivity contribution in [3.05, 3.63) is 69.0 Å². The van der Waals surface area contributed by atoms with Crippen molar-refractivity contribution in [1.29, 1.82) is 0 Å². The standard InChI is InChI=1S/C18H16Br2S/c1-11(2)12-6-8-13(9-7-12)17(20)15-10-21-18-14(15)4-3-5-16(18)19/h3-11,17H,1-2H3. The fourth-order valence-electron chi connectivity index (χ4n) is 2.47. The Balaban J connectivity index is 2.00. The van der Waals surface area contributed by atoms with Gasteiger partial charge in [0.15, 0.2) is 0 Å². The predicted molar refractivity (Wildman–Crippen MR) is 101 cm³/mol. The molecular weight excluding hydrogens is 408 g/mol. The zero-order valence-electron chi connectivity index (χ0n) is 11.9. The second-order valence-corrected chi connectivity index (χ2v) is 8.14. The Bertz CT molecular complexity index is 756. The SMILES string of the molecule is CC(C)c1ccc(C(Br)c2csc3c(Br)cccc23)cc1. The summed E-state index contributed by atoms with van der Waals surface area (Å²) in [6.07, 6.45) is 0. The summed E-state index contributed by atoms with van der Waals surface area (Å²) in [4.78, 5) is 0.238. The molecule has 3 heteroatoms. The lowest BCUT2D eigenvalue weighted by Crippen LogP contribution is -1.93. The molecule has 0 fully saturated rings. The molecule has 0 aliphatic rings. The second-order valence-electron chi connectivity index (χ2n) is 5.49. The van der Waals surface area contributed by atoms with Gasteiger partial charge < -0.3 is 0 Å². The van der Waals surface area contributed by atoms with E-state index in [1.807, 2.05) is 0 Å². The van der Waals surface area contributed by atoms with E-state index in [0.29, 0.717) is 5.92 Å². The first kappa shape index (κ1) is 15.3. The minimum absolute atomic E-state index is 0.238. The molecule has 0 radical (unpaired) electrons. The maximum absolute atomic E-state index is 3.87. The highest BCUT2D eigenvalue weighted by Crippen LogP contribution is 2.41. The van der Waals surface area contributed by atoms with Crippen molar-refractivity contribution in [2.24, 2.45) is 0 Å². The zero-order chi connectivity index (χ0) is 15.0. The van der Waals surface area contributed by atoms with Crippen molar-refractivity contribution in [3.63, 3.8) is 0 Å². The van der Waals surface area contributed by atoms with E-state index in [-0.39, 0.29) is 4.83 Å². The van der Waals surface area contributed by atoms with Crippen molar-refractivity contribution in [2.75, 3.05) is 0 Å². The van der Waals surface area contributed by atoms with Crippen LogP contribution >= 0.6 is 43.2 Å². The van der Waals surface area contributed by atoms with E-state index < -0.39 is 0 Å². The summed E-state index contributed by atoms with van der Waals surface area (Å²) in [5.41, 5.74) is 4.03. The minimum atomic E-state index is 0.238. The van der Waals surface area contributed by atoms with E-state index in [9.17, 15) is 0 Å². The molecule has 0 bridgehead atoms. The van der Waals surface area contributed by atoms with Crippen LogP contribution in [0.25, 0.3) is 10.1 Å². The summed E-state index contributed by atoms with van der Waals surface area (Å²) >= 11 is 9.30. The maximum Gasteiger partial charge on any atom is 0.0658 e. The van der Waals surface area contributed by atoms with Gasteiger partial charge in [-0.15, -0.1) is 11.3 Å². The number of halogens is 2. The van der Waals surface area contributed by atoms with Crippen LogP contribution in [-0.2, 0) is 0 Å². The Morgan fingerprint density at radius 1 is 0.952 bits per heavy atom. The molecule has 0 nitrogen and oxygen atoms in total. The van der Waals surface area contributed by atoms with Crippen LogP contribution in [0.3, 0.4) is 0 Å². The van der Waals surface area contributed by atoms with Crippen LogP contribution in [0, 0.1) is 0 Å². The van der Waals surface area contributed by atoms with Gasteiger partial charge in [0.25, 0.3) is 0 Å². The van der Waals surface area contributed by atoms with Crippen LogP contribution in [0.5, 0.6) is 0 Å². The molecule has 3 aromatic rings. The molecule has 21 heavy (non-hydrogen) atoms. The molecule has 1 aromatic heterocycles. The summed E-state index contributed by atoms with van der Waals surface area (Å²) in [6, 6.07) is 15.3. The van der Waals surface area contributed by atoms with Crippen LogP contribution < -0.4 is 0 Å². The van der Waals surface area contributed by atoms with Gasteiger partial charge in [-0.05, 0) is 55.4 Å². The third kappa shape index (κ3) is 2.96. The van der Waals surface area contributed by atoms with Gasteiger partial charge in [-0.3, -0.25) is 0 Å². The minimum Gasteiger partial charge on any atom is -0.142 e. The first-order valence-corrected chi connectivity index (χ1v) is 9.56. The molecule has 0 N–H and O–H groups in total. The molecule has 0 saturated heterocycles. The quantitative estimate of drug-likeness (QED) is 0.388. The molecule has 1 atom stereocenters. The molecule has 108 valence electrons. The summed E-state index contributed by atoms with van der Waals surface area (Å²) in [6.45, 7) is 4.45. The van der Waals surface area contributed by atoms with Crippen molar-refractivity contribution < 1.29 is 0 Å². The lowest BCUT2D eigenvalue weighted by Gasteiger charge is -2.12. The monoisotopic (exact) mass is 422 g/mol. The fraction of sp³-hybridized carbons (Fsp3) is 0.222. The molecule has 0 aliphatic carbocycles. The first-order chi connectivity index (χ1) is 10.1. The Morgan fingerprint density at radius 3 is 2.29 bits per heavy atom. The Morgan fingerprint density at radius 2 is 1.62 bits per heavy atom. The van der Waals surface area contributed by atoms with Crippen LogP contribution in [-0.4, -0.2) is 0 Å². The molecule has 0 aliphatic heterocycles. The Kier molecular flexibility index (Phi) is 4.53. The topological polar surface area (TPSA) is 0 Å². The third-order valence-corrected chi connectivity index (χ3v) is 6.74. The van der Waals surface area contributed by atoms with Crippen LogP contribution in [0.15, 0.2) is 52.3 Å². The van der Waals surface area contributed by atoms with Gasteiger partial charge in [0.1, 0.15) is 0 Å². The van der Waals surface area contributed by atoms with E-state index in [4.69, 9.17) is 0 Å². The Hall–Kier alpha value is -0.640. The molecule has 2 aromatic carbocycles. The summed E-state index contributed by atoms with van der Waals surface area (Å²) in [7, 11) is 0. The number of thiophene rings is 1. The number of benzene rings is 2. The largest absolute Gasteiger partial charge is 0.142 e. The highest BCUT2D eigenvalue weighted by molar-refractivity contribution is 9.10. The number of rotatable bonds is 3. The predicted octanol–water partition coefficient (Wildman–Crippen LogP) is 7.27. The molecule has 0 amide bonds. The van der Waals surface area contributed by atoms with Gasteiger partial charge in [-0.1, -0.05) is 66.2 Å². The lowest BCUT2D eigenvalue weighted by molar-refractivity contribution is 0.865. The van der Waals surface area contributed by atoms with Gasteiger partial charge in [0.2, 0.25) is 0 Å². The highest BCUT2D eigenvalue weighted by atomic mass is 79.9. The van der Waals surface area contributed by atoms with E-state index in [2.05, 4.69) is 93.6 Å². The number of fused-ring (bicyclic) bond motifs is 1. The van der Waals surface area contributed by atoms with Gasteiger partial charge >= 0.3 is 0 Å². The van der Waals surface area contributed by atoms with Gasteiger partial charge in [-0.2, -0.15) is 0 Å². The lowest BCUT2D eigenvalue weighted by atomic mass is 9.98. The Labute approximate surface area is 146 Å². The maximum atomic E-state index is 3.87. The first-order valence-electron chi connectivity index (χ1n) is 6.97. The van der Waals surface area contributed by atoms with Gasteiger partial charge in [0.05, 0.1) is 4.83 Å². The fourth-order valence-corrected chi connectivity index (χ4v) is 4.97. The van der Waals surface area contributed by atoms with Crippen molar-refractivity contribution in [1.82, 2.24) is 0 Å². The smallest absolute Gasteiger partial charge is 0.0658 e.